The summed E-state index contributed by atoms with van der Waals surface area (Å²) < 4.78 is 19.2. The van der Waals surface area contributed by atoms with Gasteiger partial charge >= 0.3 is 0 Å². The average Bonchev–Trinajstić information content (AvgIpc) is 2.35. The topological polar surface area (TPSA) is 21.3 Å². The van der Waals surface area contributed by atoms with Crippen LogP contribution < -0.4 is 5.32 Å². The van der Waals surface area contributed by atoms with Gasteiger partial charge in [0.05, 0.1) is 6.10 Å². The summed E-state index contributed by atoms with van der Waals surface area (Å²) in [5.41, 5.74) is 1.39. The third kappa shape index (κ3) is 2.27. The first-order chi connectivity index (χ1) is 9.65. The van der Waals surface area contributed by atoms with Crippen molar-refractivity contribution in [3.8, 4) is 0 Å². The summed E-state index contributed by atoms with van der Waals surface area (Å²) in [6, 6.07) is 7.61. The van der Waals surface area contributed by atoms with E-state index in [0.717, 1.165) is 18.6 Å². The molecule has 3 atom stereocenters. The van der Waals surface area contributed by atoms with Gasteiger partial charge in [-0.05, 0) is 50.8 Å². The van der Waals surface area contributed by atoms with Crippen molar-refractivity contribution in [2.75, 3.05) is 6.61 Å². The predicted octanol–water partition coefficient (Wildman–Crippen LogP) is 3.82. The Balaban J connectivity index is 1.64. The van der Waals surface area contributed by atoms with Gasteiger partial charge in [0.25, 0.3) is 0 Å². The molecule has 2 aliphatic rings. The van der Waals surface area contributed by atoms with Crippen molar-refractivity contribution in [2.45, 2.75) is 57.7 Å². The first kappa shape index (κ1) is 14.0. The quantitative estimate of drug-likeness (QED) is 0.883. The van der Waals surface area contributed by atoms with Gasteiger partial charge in [-0.1, -0.05) is 18.6 Å². The van der Waals surface area contributed by atoms with Crippen LogP contribution in [-0.4, -0.2) is 18.8 Å². The van der Waals surface area contributed by atoms with Crippen LogP contribution in [0.25, 0.3) is 0 Å². The van der Waals surface area contributed by atoms with Crippen LogP contribution >= 0.6 is 0 Å². The highest BCUT2D eigenvalue weighted by Gasteiger charge is 2.58. The highest BCUT2D eigenvalue weighted by atomic mass is 19.1. The van der Waals surface area contributed by atoms with Crippen LogP contribution in [0.15, 0.2) is 24.3 Å². The molecular weight excluding hydrogens is 253 g/mol. The minimum Gasteiger partial charge on any atom is -0.378 e. The van der Waals surface area contributed by atoms with Crippen LogP contribution in [0.4, 0.5) is 4.39 Å². The number of halogens is 1. The molecular formula is C17H24FNO. The summed E-state index contributed by atoms with van der Waals surface area (Å²) in [4.78, 5) is 0. The number of ether oxygens (including phenoxy) is 1. The lowest BCUT2D eigenvalue weighted by Crippen LogP contribution is -2.67. The van der Waals surface area contributed by atoms with Crippen LogP contribution in [0.5, 0.6) is 0 Å². The van der Waals surface area contributed by atoms with Gasteiger partial charge in [-0.25, -0.2) is 4.39 Å². The molecule has 2 fully saturated rings. The van der Waals surface area contributed by atoms with Crippen molar-refractivity contribution in [1.82, 2.24) is 5.32 Å². The Morgan fingerprint density at radius 1 is 1.45 bits per heavy atom. The lowest BCUT2D eigenvalue weighted by Gasteiger charge is -2.61. The van der Waals surface area contributed by atoms with E-state index in [-0.39, 0.29) is 11.9 Å². The number of benzene rings is 1. The van der Waals surface area contributed by atoms with Crippen molar-refractivity contribution in [1.29, 1.82) is 0 Å². The second kappa shape index (κ2) is 5.45. The van der Waals surface area contributed by atoms with E-state index in [2.05, 4.69) is 19.2 Å². The number of hydrogen-bond acceptors (Lipinski definition) is 2. The fourth-order valence-electron chi connectivity index (χ4n) is 3.85. The summed E-state index contributed by atoms with van der Waals surface area (Å²) in [6.07, 6.45) is 5.37. The summed E-state index contributed by atoms with van der Waals surface area (Å²) >= 11 is 0. The van der Waals surface area contributed by atoms with E-state index in [1.807, 2.05) is 6.07 Å². The van der Waals surface area contributed by atoms with Gasteiger partial charge in [0.2, 0.25) is 0 Å². The molecule has 1 spiro atoms. The lowest BCUT2D eigenvalue weighted by molar-refractivity contribution is -0.174. The van der Waals surface area contributed by atoms with Crippen molar-refractivity contribution >= 4 is 0 Å². The molecule has 1 N–H and O–H groups in total. The van der Waals surface area contributed by atoms with Crippen LogP contribution in [0.3, 0.4) is 0 Å². The molecule has 2 nitrogen and oxygen atoms in total. The molecule has 2 unspecified atom stereocenters. The van der Waals surface area contributed by atoms with E-state index in [0.29, 0.717) is 17.6 Å². The van der Waals surface area contributed by atoms with Crippen LogP contribution in [0.1, 0.15) is 51.1 Å². The van der Waals surface area contributed by atoms with E-state index in [1.165, 1.54) is 25.3 Å². The van der Waals surface area contributed by atoms with E-state index >= 15 is 0 Å². The Hall–Kier alpha value is -0.930. The third-order valence-electron chi connectivity index (χ3n) is 5.24. The Morgan fingerprint density at radius 3 is 2.85 bits per heavy atom. The maximum Gasteiger partial charge on any atom is 0.123 e. The van der Waals surface area contributed by atoms with Crippen molar-refractivity contribution < 1.29 is 9.13 Å². The van der Waals surface area contributed by atoms with Gasteiger partial charge in [0.1, 0.15) is 5.82 Å². The first-order valence-electron chi connectivity index (χ1n) is 7.79. The van der Waals surface area contributed by atoms with E-state index in [4.69, 9.17) is 4.74 Å². The van der Waals surface area contributed by atoms with Gasteiger partial charge in [0.15, 0.2) is 0 Å². The molecule has 2 aliphatic carbocycles. The predicted molar refractivity (Wildman–Crippen MR) is 78.1 cm³/mol. The maximum atomic E-state index is 13.3. The summed E-state index contributed by atoms with van der Waals surface area (Å²) in [7, 11) is 0. The minimum absolute atomic E-state index is 0.157. The molecule has 0 saturated heterocycles. The standard InChI is InChI=1S/C17H24FNO/c1-3-20-16-11-15(17(16)8-5-9-17)19-12(2)13-6-4-7-14(18)10-13/h4,6-7,10,12,15-16,19H,3,5,8-9,11H2,1-2H3/t12-,15?,16?/m0/s1. The van der Waals surface area contributed by atoms with E-state index < -0.39 is 0 Å². The largest absolute Gasteiger partial charge is 0.378 e. The zero-order valence-corrected chi connectivity index (χ0v) is 12.4. The zero-order valence-electron chi connectivity index (χ0n) is 12.4. The molecule has 3 heteroatoms. The van der Waals surface area contributed by atoms with E-state index in [9.17, 15) is 4.39 Å². The molecule has 0 amide bonds. The maximum absolute atomic E-state index is 13.3. The fourth-order valence-corrected chi connectivity index (χ4v) is 3.85. The smallest absolute Gasteiger partial charge is 0.123 e. The fraction of sp³-hybridized carbons (Fsp3) is 0.647. The van der Waals surface area contributed by atoms with Gasteiger partial charge in [-0.15, -0.1) is 0 Å². The average molecular weight is 277 g/mol. The number of nitrogens with one attached hydrogen (secondary N) is 1. The van der Waals surface area contributed by atoms with E-state index in [1.54, 1.807) is 12.1 Å². The molecule has 1 aromatic rings. The molecule has 0 aromatic heterocycles. The van der Waals surface area contributed by atoms with Crippen LogP contribution in [0, 0.1) is 11.2 Å². The van der Waals surface area contributed by atoms with Gasteiger partial charge in [0, 0.05) is 24.1 Å². The van der Waals surface area contributed by atoms with Crippen LogP contribution in [-0.2, 0) is 4.74 Å². The molecule has 0 heterocycles. The highest BCUT2D eigenvalue weighted by molar-refractivity contribution is 5.21. The monoisotopic (exact) mass is 277 g/mol. The SMILES string of the molecule is CCOC1CC(N[C@@H](C)c2cccc(F)c2)C12CCC2. The Morgan fingerprint density at radius 2 is 2.25 bits per heavy atom. The third-order valence-corrected chi connectivity index (χ3v) is 5.24. The number of hydrogen-bond donors (Lipinski definition) is 1. The Labute approximate surface area is 120 Å². The minimum atomic E-state index is -0.157. The van der Waals surface area contributed by atoms with Crippen molar-refractivity contribution in [2.24, 2.45) is 5.41 Å². The van der Waals surface area contributed by atoms with Crippen molar-refractivity contribution in [3.63, 3.8) is 0 Å². The number of rotatable bonds is 5. The molecule has 0 radical (unpaired) electrons. The molecule has 20 heavy (non-hydrogen) atoms. The van der Waals surface area contributed by atoms with Crippen molar-refractivity contribution in [3.05, 3.63) is 35.6 Å². The summed E-state index contributed by atoms with van der Waals surface area (Å²) in [6.45, 7) is 5.00. The van der Waals surface area contributed by atoms with Gasteiger partial charge < -0.3 is 10.1 Å². The second-order valence-electron chi connectivity index (χ2n) is 6.26. The van der Waals surface area contributed by atoms with Gasteiger partial charge in [-0.2, -0.15) is 0 Å². The molecule has 0 bridgehead atoms. The lowest BCUT2D eigenvalue weighted by atomic mass is 9.51. The highest BCUT2D eigenvalue weighted by Crippen LogP contribution is 2.57. The zero-order chi connectivity index (χ0) is 14.2. The Bertz CT molecular complexity index is 472. The Kier molecular flexibility index (Phi) is 3.83. The molecule has 1 aromatic carbocycles. The summed E-state index contributed by atoms with van der Waals surface area (Å²) in [5.74, 6) is -0.157. The molecule has 0 aliphatic heterocycles. The van der Waals surface area contributed by atoms with Crippen LogP contribution in [0.2, 0.25) is 0 Å². The molecule has 3 rings (SSSR count). The first-order valence-corrected chi connectivity index (χ1v) is 7.79. The normalized spacial score (nSPS) is 28.8. The summed E-state index contributed by atoms with van der Waals surface area (Å²) in [5, 5.41) is 3.69. The molecule has 2 saturated carbocycles. The molecule has 110 valence electrons. The second-order valence-corrected chi connectivity index (χ2v) is 6.26. The van der Waals surface area contributed by atoms with Gasteiger partial charge in [-0.3, -0.25) is 0 Å².